The monoisotopic (exact) mass is 496 g/mol. The van der Waals surface area contributed by atoms with E-state index >= 15 is 0 Å². The average molecular weight is 497 g/mol. The summed E-state index contributed by atoms with van der Waals surface area (Å²) in [5.41, 5.74) is 6.65. The predicted molar refractivity (Wildman–Crippen MR) is 125 cm³/mol. The standard InChI is InChI=1S/C24H28N6O6/c25-21(32)19-7-4-10-30(19)23(34)18(28-22(33)17-8-9-20(31)27-17)11-16-12-29(14-26-16)24(35)36-13-15-5-2-1-3-6-15/h1-3,5-6,12,14,17-19H,4,7-11,13H2,(H2,25,32)(H,27,31)(H,28,33)/t17-,18-,19-/m0/s1. The second kappa shape index (κ2) is 11.0. The van der Waals surface area contributed by atoms with Crippen LogP contribution in [-0.4, -0.2) is 68.8 Å². The van der Waals surface area contributed by atoms with Crippen LogP contribution in [0.5, 0.6) is 0 Å². The lowest BCUT2D eigenvalue weighted by Gasteiger charge is -2.28. The van der Waals surface area contributed by atoms with Crippen LogP contribution in [0.1, 0.15) is 36.9 Å². The van der Waals surface area contributed by atoms with E-state index in [1.165, 1.54) is 17.4 Å². The molecule has 190 valence electrons. The van der Waals surface area contributed by atoms with E-state index < -0.39 is 41.9 Å². The number of nitrogens with one attached hydrogen (secondary N) is 2. The summed E-state index contributed by atoms with van der Waals surface area (Å²) in [5.74, 6) is -1.83. The fourth-order valence-electron chi connectivity index (χ4n) is 4.38. The molecule has 2 aliphatic rings. The van der Waals surface area contributed by atoms with Crippen molar-refractivity contribution in [2.45, 2.75) is 56.8 Å². The lowest BCUT2D eigenvalue weighted by atomic mass is 10.1. The molecular formula is C24H28N6O6. The van der Waals surface area contributed by atoms with E-state index in [1.54, 1.807) is 0 Å². The van der Waals surface area contributed by atoms with Crippen LogP contribution in [-0.2, 0) is 36.9 Å². The minimum atomic E-state index is -1.07. The Morgan fingerprint density at radius 3 is 2.67 bits per heavy atom. The van der Waals surface area contributed by atoms with Gasteiger partial charge in [-0.3, -0.25) is 19.2 Å². The molecule has 0 saturated carbocycles. The van der Waals surface area contributed by atoms with Crippen LogP contribution in [0.3, 0.4) is 0 Å². The number of carbonyl (C=O) groups is 5. The van der Waals surface area contributed by atoms with Gasteiger partial charge in [-0.25, -0.2) is 14.3 Å². The van der Waals surface area contributed by atoms with Crippen molar-refractivity contribution in [3.05, 3.63) is 54.1 Å². The van der Waals surface area contributed by atoms with Crippen molar-refractivity contribution < 1.29 is 28.7 Å². The summed E-state index contributed by atoms with van der Waals surface area (Å²) in [4.78, 5) is 67.5. The normalized spacial score (nSPS) is 20.0. The van der Waals surface area contributed by atoms with Gasteiger partial charge in [0.2, 0.25) is 23.6 Å². The minimum Gasteiger partial charge on any atom is -0.444 e. The Morgan fingerprint density at radius 1 is 1.19 bits per heavy atom. The van der Waals surface area contributed by atoms with Crippen LogP contribution in [0, 0.1) is 0 Å². The number of nitrogens with zero attached hydrogens (tertiary/aromatic N) is 3. The summed E-state index contributed by atoms with van der Waals surface area (Å²) < 4.78 is 6.44. The van der Waals surface area contributed by atoms with Crippen LogP contribution in [0.25, 0.3) is 0 Å². The predicted octanol–water partition coefficient (Wildman–Crippen LogP) is -0.150. The van der Waals surface area contributed by atoms with Crippen LogP contribution in [0.4, 0.5) is 4.79 Å². The van der Waals surface area contributed by atoms with Crippen molar-refractivity contribution in [2.75, 3.05) is 6.54 Å². The van der Waals surface area contributed by atoms with Gasteiger partial charge >= 0.3 is 6.09 Å². The number of hydrogen-bond acceptors (Lipinski definition) is 7. The first kappa shape index (κ1) is 24.9. The summed E-state index contributed by atoms with van der Waals surface area (Å²) in [6, 6.07) is 6.62. The first-order chi connectivity index (χ1) is 17.3. The molecule has 0 bridgehead atoms. The molecule has 0 aliphatic carbocycles. The highest BCUT2D eigenvalue weighted by Crippen LogP contribution is 2.19. The fourth-order valence-corrected chi connectivity index (χ4v) is 4.38. The van der Waals surface area contributed by atoms with Gasteiger partial charge in [-0.05, 0) is 24.8 Å². The molecule has 2 aliphatic heterocycles. The molecule has 36 heavy (non-hydrogen) atoms. The third-order valence-corrected chi connectivity index (χ3v) is 6.26. The molecule has 1 aromatic carbocycles. The van der Waals surface area contributed by atoms with Gasteiger partial charge in [0.05, 0.1) is 5.69 Å². The van der Waals surface area contributed by atoms with Crippen LogP contribution >= 0.6 is 0 Å². The van der Waals surface area contributed by atoms with E-state index in [0.717, 1.165) is 10.1 Å². The number of likely N-dealkylation sites (tertiary alicyclic amines) is 1. The summed E-state index contributed by atoms with van der Waals surface area (Å²) in [5, 5.41) is 5.26. The second-order valence-corrected chi connectivity index (χ2v) is 8.83. The number of primary amides is 1. The Balaban J connectivity index is 1.45. The number of rotatable bonds is 8. The van der Waals surface area contributed by atoms with Gasteiger partial charge < -0.3 is 26.0 Å². The molecule has 4 amide bonds. The van der Waals surface area contributed by atoms with Crippen molar-refractivity contribution in [1.29, 1.82) is 0 Å². The van der Waals surface area contributed by atoms with E-state index in [0.29, 0.717) is 31.5 Å². The lowest BCUT2D eigenvalue weighted by Crippen LogP contribution is -2.56. The Morgan fingerprint density at radius 2 is 1.97 bits per heavy atom. The second-order valence-electron chi connectivity index (χ2n) is 8.83. The largest absolute Gasteiger partial charge is 0.444 e. The highest BCUT2D eigenvalue weighted by molar-refractivity contribution is 5.95. The lowest BCUT2D eigenvalue weighted by molar-refractivity contribution is -0.140. The van der Waals surface area contributed by atoms with Crippen molar-refractivity contribution in [3.8, 4) is 0 Å². The maximum Gasteiger partial charge on any atom is 0.419 e. The molecule has 12 heteroatoms. The zero-order valence-corrected chi connectivity index (χ0v) is 19.6. The Kier molecular flexibility index (Phi) is 7.62. The molecule has 1 aromatic heterocycles. The molecule has 3 heterocycles. The van der Waals surface area contributed by atoms with Crippen molar-refractivity contribution in [3.63, 3.8) is 0 Å². The number of imidazole rings is 1. The van der Waals surface area contributed by atoms with E-state index in [9.17, 15) is 24.0 Å². The smallest absolute Gasteiger partial charge is 0.419 e. The highest BCUT2D eigenvalue weighted by Gasteiger charge is 2.38. The van der Waals surface area contributed by atoms with E-state index in [2.05, 4.69) is 15.6 Å². The van der Waals surface area contributed by atoms with Gasteiger partial charge in [0.25, 0.3) is 0 Å². The van der Waals surface area contributed by atoms with Crippen LogP contribution in [0.15, 0.2) is 42.9 Å². The van der Waals surface area contributed by atoms with Crippen molar-refractivity contribution >= 4 is 29.7 Å². The summed E-state index contributed by atoms with van der Waals surface area (Å²) in [6.07, 6.45) is 3.61. The average Bonchev–Trinajstić information content (AvgIpc) is 3.63. The molecular weight excluding hydrogens is 468 g/mol. The summed E-state index contributed by atoms with van der Waals surface area (Å²) in [6.45, 7) is 0.417. The first-order valence-corrected chi connectivity index (χ1v) is 11.8. The van der Waals surface area contributed by atoms with Crippen LogP contribution < -0.4 is 16.4 Å². The van der Waals surface area contributed by atoms with E-state index in [4.69, 9.17) is 10.5 Å². The van der Waals surface area contributed by atoms with Gasteiger partial charge in [0.15, 0.2) is 0 Å². The number of amides is 4. The molecule has 3 atom stereocenters. The highest BCUT2D eigenvalue weighted by atomic mass is 16.5. The first-order valence-electron chi connectivity index (χ1n) is 11.8. The zero-order valence-electron chi connectivity index (χ0n) is 19.6. The van der Waals surface area contributed by atoms with E-state index in [-0.39, 0.29) is 25.4 Å². The SMILES string of the molecule is NC(=O)[C@@H]1CCCN1C(=O)[C@H](Cc1cn(C(=O)OCc2ccccc2)cn1)NC(=O)[C@@H]1CCC(=O)N1. The maximum atomic E-state index is 13.4. The molecule has 2 fully saturated rings. The van der Waals surface area contributed by atoms with Gasteiger partial charge in [-0.2, -0.15) is 0 Å². The Hall–Kier alpha value is -4.22. The Bertz CT molecular complexity index is 1150. The topological polar surface area (TPSA) is 166 Å². The maximum absolute atomic E-state index is 13.4. The van der Waals surface area contributed by atoms with Gasteiger partial charge in [-0.1, -0.05) is 30.3 Å². The molecule has 0 spiro atoms. The molecule has 2 saturated heterocycles. The third-order valence-electron chi connectivity index (χ3n) is 6.26. The Labute approximate surface area is 207 Å². The molecule has 4 rings (SSSR count). The minimum absolute atomic E-state index is 0.0355. The number of benzene rings is 1. The molecule has 2 aromatic rings. The quantitative estimate of drug-likeness (QED) is 0.457. The van der Waals surface area contributed by atoms with E-state index in [1.807, 2.05) is 30.3 Å². The van der Waals surface area contributed by atoms with Crippen LogP contribution in [0.2, 0.25) is 0 Å². The van der Waals surface area contributed by atoms with Gasteiger partial charge in [0, 0.05) is 25.6 Å². The zero-order chi connectivity index (χ0) is 25.7. The van der Waals surface area contributed by atoms with Gasteiger partial charge in [0.1, 0.15) is 31.1 Å². The third kappa shape index (κ3) is 5.88. The molecule has 12 nitrogen and oxygen atoms in total. The molecule has 4 N–H and O–H groups in total. The molecule has 0 unspecified atom stereocenters. The number of aromatic nitrogens is 2. The number of nitrogens with two attached hydrogens (primary N) is 1. The van der Waals surface area contributed by atoms with Crippen molar-refractivity contribution in [1.82, 2.24) is 25.1 Å². The van der Waals surface area contributed by atoms with Gasteiger partial charge in [-0.15, -0.1) is 0 Å². The molecule has 0 radical (unpaired) electrons. The number of carbonyl (C=O) groups excluding carboxylic acids is 5. The summed E-state index contributed by atoms with van der Waals surface area (Å²) in [7, 11) is 0. The summed E-state index contributed by atoms with van der Waals surface area (Å²) >= 11 is 0. The number of hydrogen-bond donors (Lipinski definition) is 3. The van der Waals surface area contributed by atoms with Crippen molar-refractivity contribution in [2.24, 2.45) is 5.73 Å². The number of ether oxygens (including phenoxy) is 1. The fraction of sp³-hybridized carbons (Fsp3) is 0.417.